The highest BCUT2D eigenvalue weighted by molar-refractivity contribution is 5.89. The fourth-order valence-corrected chi connectivity index (χ4v) is 1.54. The molecule has 1 aromatic rings. The summed E-state index contributed by atoms with van der Waals surface area (Å²) >= 11 is 0. The number of aromatic carboxylic acids is 1. The summed E-state index contributed by atoms with van der Waals surface area (Å²) in [6.07, 6.45) is 3.30. The van der Waals surface area contributed by atoms with Gasteiger partial charge in [0.1, 0.15) is 12.2 Å². The molecule has 2 rings (SSSR count). The van der Waals surface area contributed by atoms with Crippen molar-refractivity contribution >= 4 is 5.97 Å². The predicted molar refractivity (Wildman–Crippen MR) is 53.5 cm³/mol. The normalized spacial score (nSPS) is 19.6. The second-order valence-electron chi connectivity index (χ2n) is 3.50. The van der Waals surface area contributed by atoms with Gasteiger partial charge in [-0.3, -0.25) is 0 Å². The van der Waals surface area contributed by atoms with Gasteiger partial charge < -0.3 is 14.6 Å². The minimum atomic E-state index is -1.07. The van der Waals surface area contributed by atoms with Crippen LogP contribution >= 0.6 is 0 Å². The average molecular weight is 224 g/mol. The summed E-state index contributed by atoms with van der Waals surface area (Å²) in [5.41, 5.74) is 0.0213. The quantitative estimate of drug-likeness (QED) is 0.812. The molecule has 1 unspecified atom stereocenters. The number of nitrogens with zero attached hydrogens (tertiary/aromatic N) is 2. The molecular weight excluding hydrogens is 212 g/mol. The van der Waals surface area contributed by atoms with Crippen LogP contribution in [0.1, 0.15) is 23.2 Å². The lowest BCUT2D eigenvalue weighted by Gasteiger charge is -2.11. The molecule has 6 nitrogen and oxygen atoms in total. The SMILES string of the molecule is O=C(O)c1ccnnc1OCC1CCCO1. The summed E-state index contributed by atoms with van der Waals surface area (Å²) in [4.78, 5) is 10.8. The molecule has 0 radical (unpaired) electrons. The van der Waals surface area contributed by atoms with Gasteiger partial charge in [-0.1, -0.05) is 0 Å². The third-order valence-corrected chi connectivity index (χ3v) is 2.35. The van der Waals surface area contributed by atoms with E-state index in [1.54, 1.807) is 0 Å². The lowest BCUT2D eigenvalue weighted by molar-refractivity contribution is 0.0613. The van der Waals surface area contributed by atoms with Crippen molar-refractivity contribution in [3.8, 4) is 5.88 Å². The monoisotopic (exact) mass is 224 g/mol. The van der Waals surface area contributed by atoms with Gasteiger partial charge in [0, 0.05) is 6.61 Å². The maximum atomic E-state index is 10.8. The van der Waals surface area contributed by atoms with Crippen LogP contribution in [-0.4, -0.2) is 40.6 Å². The summed E-state index contributed by atoms with van der Waals surface area (Å²) in [6.45, 7) is 1.05. The van der Waals surface area contributed by atoms with Crippen LogP contribution in [0.2, 0.25) is 0 Å². The zero-order valence-electron chi connectivity index (χ0n) is 8.63. The smallest absolute Gasteiger partial charge is 0.341 e. The molecule has 1 fully saturated rings. The molecule has 1 aliphatic heterocycles. The molecule has 1 N–H and O–H groups in total. The number of hydrogen-bond donors (Lipinski definition) is 1. The Balaban J connectivity index is 2.00. The van der Waals surface area contributed by atoms with Gasteiger partial charge in [-0.15, -0.1) is 5.10 Å². The second kappa shape index (κ2) is 4.89. The van der Waals surface area contributed by atoms with Crippen molar-refractivity contribution in [3.63, 3.8) is 0 Å². The molecule has 16 heavy (non-hydrogen) atoms. The zero-order valence-corrected chi connectivity index (χ0v) is 8.63. The Morgan fingerprint density at radius 3 is 3.25 bits per heavy atom. The largest absolute Gasteiger partial charge is 0.477 e. The van der Waals surface area contributed by atoms with E-state index < -0.39 is 5.97 Å². The molecule has 86 valence electrons. The lowest BCUT2D eigenvalue weighted by Crippen LogP contribution is -2.18. The Hall–Kier alpha value is -1.69. The standard InChI is InChI=1S/C10H12N2O4/c13-10(14)8-3-4-11-12-9(8)16-6-7-2-1-5-15-7/h3-4,7H,1-2,5-6H2,(H,13,14). The molecule has 0 amide bonds. The summed E-state index contributed by atoms with van der Waals surface area (Å²) in [5, 5.41) is 16.1. The molecule has 0 saturated carbocycles. The number of aromatic nitrogens is 2. The summed E-state index contributed by atoms with van der Waals surface area (Å²) in [6, 6.07) is 1.36. The first-order valence-corrected chi connectivity index (χ1v) is 5.07. The van der Waals surface area contributed by atoms with Crippen molar-refractivity contribution < 1.29 is 19.4 Å². The Morgan fingerprint density at radius 1 is 1.69 bits per heavy atom. The first kappa shape index (κ1) is 10.8. The van der Waals surface area contributed by atoms with Crippen molar-refractivity contribution in [1.82, 2.24) is 10.2 Å². The van der Waals surface area contributed by atoms with E-state index in [0.29, 0.717) is 6.61 Å². The molecule has 0 aromatic carbocycles. The zero-order chi connectivity index (χ0) is 11.4. The minimum Gasteiger partial charge on any atom is -0.477 e. The van der Waals surface area contributed by atoms with Crippen LogP contribution in [0.3, 0.4) is 0 Å². The summed E-state index contributed by atoms with van der Waals surface area (Å²) in [7, 11) is 0. The van der Waals surface area contributed by atoms with Gasteiger partial charge in [-0.2, -0.15) is 5.10 Å². The van der Waals surface area contributed by atoms with E-state index in [1.165, 1.54) is 12.3 Å². The van der Waals surface area contributed by atoms with Crippen LogP contribution in [0.15, 0.2) is 12.3 Å². The van der Waals surface area contributed by atoms with E-state index in [9.17, 15) is 4.79 Å². The predicted octanol–water partition coefficient (Wildman–Crippen LogP) is 0.733. The van der Waals surface area contributed by atoms with Gasteiger partial charge in [0.05, 0.1) is 12.3 Å². The van der Waals surface area contributed by atoms with Crippen LogP contribution in [0.5, 0.6) is 5.88 Å². The van der Waals surface area contributed by atoms with E-state index in [4.69, 9.17) is 14.6 Å². The fourth-order valence-electron chi connectivity index (χ4n) is 1.54. The molecule has 1 aromatic heterocycles. The molecule has 6 heteroatoms. The molecule has 1 saturated heterocycles. The highest BCUT2D eigenvalue weighted by atomic mass is 16.5. The average Bonchev–Trinajstić information content (AvgIpc) is 2.79. The third-order valence-electron chi connectivity index (χ3n) is 2.35. The molecule has 1 atom stereocenters. The van der Waals surface area contributed by atoms with Gasteiger partial charge in [0.15, 0.2) is 0 Å². The maximum absolute atomic E-state index is 10.8. The van der Waals surface area contributed by atoms with Crippen molar-refractivity contribution in [3.05, 3.63) is 17.8 Å². The molecule has 0 aliphatic carbocycles. The van der Waals surface area contributed by atoms with Gasteiger partial charge in [0.2, 0.25) is 5.88 Å². The first-order valence-electron chi connectivity index (χ1n) is 5.07. The van der Waals surface area contributed by atoms with Crippen LogP contribution in [-0.2, 0) is 4.74 Å². The fraction of sp³-hybridized carbons (Fsp3) is 0.500. The second-order valence-corrected chi connectivity index (χ2v) is 3.50. The Bertz CT molecular complexity index is 377. The van der Waals surface area contributed by atoms with Crippen molar-refractivity contribution in [2.24, 2.45) is 0 Å². The number of hydrogen-bond acceptors (Lipinski definition) is 5. The molecule has 1 aliphatic rings. The number of carbonyl (C=O) groups is 1. The van der Waals surface area contributed by atoms with E-state index in [1.807, 2.05) is 0 Å². The van der Waals surface area contributed by atoms with Gasteiger partial charge in [-0.25, -0.2) is 4.79 Å². The third kappa shape index (κ3) is 2.46. The first-order chi connectivity index (χ1) is 7.77. The summed E-state index contributed by atoms with van der Waals surface area (Å²) < 4.78 is 10.7. The number of ether oxygens (including phenoxy) is 2. The summed E-state index contributed by atoms with van der Waals surface area (Å²) in [5.74, 6) is -1.03. The van der Waals surface area contributed by atoms with E-state index in [0.717, 1.165) is 19.4 Å². The maximum Gasteiger partial charge on any atom is 0.341 e. The van der Waals surface area contributed by atoms with Crippen LogP contribution in [0.25, 0.3) is 0 Å². The molecule has 2 heterocycles. The Kier molecular flexibility index (Phi) is 3.31. The topological polar surface area (TPSA) is 81.5 Å². The Morgan fingerprint density at radius 2 is 2.56 bits per heavy atom. The van der Waals surface area contributed by atoms with Crippen molar-refractivity contribution in [2.45, 2.75) is 18.9 Å². The molecule has 0 spiro atoms. The molecular formula is C10H12N2O4. The van der Waals surface area contributed by atoms with Gasteiger partial charge in [-0.05, 0) is 18.9 Å². The lowest BCUT2D eigenvalue weighted by atomic mass is 10.2. The number of rotatable bonds is 4. The molecule has 0 bridgehead atoms. The van der Waals surface area contributed by atoms with E-state index in [2.05, 4.69) is 10.2 Å². The van der Waals surface area contributed by atoms with Crippen LogP contribution < -0.4 is 4.74 Å². The van der Waals surface area contributed by atoms with Gasteiger partial charge in [0.25, 0.3) is 0 Å². The van der Waals surface area contributed by atoms with Crippen LogP contribution in [0, 0.1) is 0 Å². The van der Waals surface area contributed by atoms with Crippen LogP contribution in [0.4, 0.5) is 0 Å². The van der Waals surface area contributed by atoms with Gasteiger partial charge >= 0.3 is 5.97 Å². The number of carboxylic acids is 1. The van der Waals surface area contributed by atoms with E-state index in [-0.39, 0.29) is 17.5 Å². The van der Waals surface area contributed by atoms with Crippen molar-refractivity contribution in [1.29, 1.82) is 0 Å². The minimum absolute atomic E-state index is 0.0213. The Labute approximate surface area is 92.2 Å². The van der Waals surface area contributed by atoms with E-state index >= 15 is 0 Å². The van der Waals surface area contributed by atoms with Crippen molar-refractivity contribution in [2.75, 3.05) is 13.2 Å². The highest BCUT2D eigenvalue weighted by Crippen LogP contribution is 2.16. The highest BCUT2D eigenvalue weighted by Gasteiger charge is 2.18. The number of carboxylic acid groups (broad SMARTS) is 1.